The minimum absolute atomic E-state index is 0. The molecule has 1 saturated heterocycles. The zero-order valence-electron chi connectivity index (χ0n) is 14.4. The van der Waals surface area contributed by atoms with E-state index < -0.39 is 0 Å². The van der Waals surface area contributed by atoms with Gasteiger partial charge in [-0.25, -0.2) is 0 Å². The second-order valence-corrected chi connectivity index (χ2v) is 6.22. The monoisotopic (exact) mass is 362 g/mol. The normalized spacial score (nSPS) is 19.0. The van der Waals surface area contributed by atoms with E-state index in [-0.39, 0.29) is 23.7 Å². The summed E-state index contributed by atoms with van der Waals surface area (Å²) in [6, 6.07) is 14.8. The number of rotatable bonds is 5. The summed E-state index contributed by atoms with van der Waals surface area (Å²) >= 11 is 0. The Balaban J connectivity index is 0.00000225. The number of ether oxygens (including phenoxy) is 2. The van der Waals surface area contributed by atoms with Crippen LogP contribution in [0.15, 0.2) is 48.5 Å². The first-order chi connectivity index (χ1) is 11.6. The lowest BCUT2D eigenvalue weighted by atomic mass is 9.89. The van der Waals surface area contributed by atoms with Gasteiger partial charge in [-0.2, -0.15) is 0 Å². The number of anilines is 1. The van der Waals surface area contributed by atoms with Crippen LogP contribution >= 0.6 is 12.4 Å². The smallest absolute Gasteiger partial charge is 0.231 e. The quantitative estimate of drug-likeness (QED) is 0.848. The fraction of sp³-hybridized carbons (Fsp3) is 0.316. The number of hydrogen-bond acceptors (Lipinski definition) is 4. The highest BCUT2D eigenvalue weighted by Crippen LogP contribution is 2.32. The molecule has 0 radical (unpaired) electrons. The third-order valence-electron chi connectivity index (χ3n) is 4.33. The number of halogens is 1. The first-order valence-electron chi connectivity index (χ1n) is 8.04. The summed E-state index contributed by atoms with van der Waals surface area (Å²) in [5, 5.41) is 6.21. The van der Waals surface area contributed by atoms with E-state index >= 15 is 0 Å². The molecule has 1 aliphatic rings. The van der Waals surface area contributed by atoms with Crippen molar-refractivity contribution in [1.29, 1.82) is 0 Å². The van der Waals surface area contributed by atoms with Crippen LogP contribution in [0.1, 0.15) is 13.3 Å². The number of nitrogens with one attached hydrogen (secondary N) is 2. The topological polar surface area (TPSA) is 59.6 Å². The zero-order chi connectivity index (χ0) is 17.0. The summed E-state index contributed by atoms with van der Waals surface area (Å²) < 4.78 is 11.1. The molecule has 1 unspecified atom stereocenters. The van der Waals surface area contributed by atoms with Crippen molar-refractivity contribution in [2.45, 2.75) is 13.3 Å². The van der Waals surface area contributed by atoms with Crippen LogP contribution < -0.4 is 20.1 Å². The molecule has 0 aliphatic carbocycles. The minimum Gasteiger partial charge on any atom is -0.493 e. The third-order valence-corrected chi connectivity index (χ3v) is 4.33. The highest BCUT2D eigenvalue weighted by molar-refractivity contribution is 5.95. The van der Waals surface area contributed by atoms with Gasteiger partial charge in [-0.3, -0.25) is 4.79 Å². The second kappa shape index (κ2) is 8.23. The Morgan fingerprint density at radius 2 is 1.80 bits per heavy atom. The van der Waals surface area contributed by atoms with E-state index in [0.717, 1.165) is 18.7 Å². The largest absolute Gasteiger partial charge is 0.493 e. The molecule has 1 heterocycles. The van der Waals surface area contributed by atoms with Gasteiger partial charge in [0.25, 0.3) is 0 Å². The minimum atomic E-state index is -0.341. The molecule has 5 nitrogen and oxygen atoms in total. The average molecular weight is 363 g/mol. The van der Waals surface area contributed by atoms with Crippen LogP contribution in [-0.4, -0.2) is 26.1 Å². The highest BCUT2D eigenvalue weighted by atomic mass is 35.5. The molecule has 0 saturated carbocycles. The molecule has 0 aromatic heterocycles. The Morgan fingerprint density at radius 1 is 1.12 bits per heavy atom. The molecule has 1 atom stereocenters. The summed E-state index contributed by atoms with van der Waals surface area (Å²) in [5.74, 6) is 2.06. The third kappa shape index (κ3) is 4.44. The molecule has 2 N–H and O–H groups in total. The van der Waals surface area contributed by atoms with Gasteiger partial charge < -0.3 is 20.1 Å². The van der Waals surface area contributed by atoms with Crippen LogP contribution in [0.25, 0.3) is 0 Å². The molecule has 6 heteroatoms. The van der Waals surface area contributed by atoms with Crippen molar-refractivity contribution in [3.63, 3.8) is 0 Å². The van der Waals surface area contributed by atoms with Crippen LogP contribution in [0.2, 0.25) is 0 Å². The fourth-order valence-electron chi connectivity index (χ4n) is 2.73. The Morgan fingerprint density at radius 3 is 2.40 bits per heavy atom. The van der Waals surface area contributed by atoms with Crippen molar-refractivity contribution in [3.8, 4) is 17.2 Å². The summed E-state index contributed by atoms with van der Waals surface area (Å²) in [6.07, 6.45) is 0.855. The molecule has 2 aromatic carbocycles. The molecule has 1 fully saturated rings. The maximum Gasteiger partial charge on any atom is 0.231 e. The summed E-state index contributed by atoms with van der Waals surface area (Å²) in [6.45, 7) is 3.59. The SMILES string of the molecule is COc1ccccc1Oc1ccc(NC(=O)C2(C)CCNC2)cc1.Cl. The van der Waals surface area contributed by atoms with Gasteiger partial charge in [0.1, 0.15) is 5.75 Å². The molecular formula is C19H23ClN2O3. The van der Waals surface area contributed by atoms with Crippen molar-refractivity contribution >= 4 is 24.0 Å². The maximum absolute atomic E-state index is 12.4. The molecule has 1 aliphatic heterocycles. The van der Waals surface area contributed by atoms with Crippen molar-refractivity contribution < 1.29 is 14.3 Å². The number of benzene rings is 2. The highest BCUT2D eigenvalue weighted by Gasteiger charge is 2.36. The van der Waals surface area contributed by atoms with E-state index in [9.17, 15) is 4.79 Å². The first-order valence-corrected chi connectivity index (χ1v) is 8.04. The number of carbonyl (C=O) groups excluding carboxylic acids is 1. The molecule has 2 aromatic rings. The molecule has 0 spiro atoms. The van der Waals surface area contributed by atoms with E-state index in [1.165, 1.54) is 0 Å². The Labute approximate surface area is 154 Å². The molecule has 25 heavy (non-hydrogen) atoms. The van der Waals surface area contributed by atoms with E-state index in [0.29, 0.717) is 23.8 Å². The van der Waals surface area contributed by atoms with E-state index in [4.69, 9.17) is 9.47 Å². The predicted octanol–water partition coefficient (Wildman–Crippen LogP) is 3.85. The maximum atomic E-state index is 12.4. The number of amides is 1. The van der Waals surface area contributed by atoms with Crippen molar-refractivity contribution in [2.24, 2.45) is 5.41 Å². The van der Waals surface area contributed by atoms with Gasteiger partial charge in [0.2, 0.25) is 5.91 Å². The number of carbonyl (C=O) groups is 1. The Hall–Kier alpha value is -2.24. The Bertz CT molecular complexity index is 713. The van der Waals surface area contributed by atoms with Crippen LogP contribution in [-0.2, 0) is 4.79 Å². The van der Waals surface area contributed by atoms with Crippen LogP contribution in [0.3, 0.4) is 0 Å². The van der Waals surface area contributed by atoms with Crippen molar-refractivity contribution in [3.05, 3.63) is 48.5 Å². The lowest BCUT2D eigenvalue weighted by molar-refractivity contribution is -0.123. The summed E-state index contributed by atoms with van der Waals surface area (Å²) in [5.41, 5.74) is 0.424. The van der Waals surface area contributed by atoms with Crippen molar-refractivity contribution in [2.75, 3.05) is 25.5 Å². The van der Waals surface area contributed by atoms with Gasteiger partial charge >= 0.3 is 0 Å². The van der Waals surface area contributed by atoms with Crippen LogP contribution in [0.4, 0.5) is 5.69 Å². The zero-order valence-corrected chi connectivity index (χ0v) is 15.2. The van der Waals surface area contributed by atoms with E-state index in [1.54, 1.807) is 7.11 Å². The number of methoxy groups -OCH3 is 1. The number of para-hydroxylation sites is 2. The lowest BCUT2D eigenvalue weighted by Gasteiger charge is -2.21. The average Bonchev–Trinajstić information content (AvgIpc) is 3.05. The predicted molar refractivity (Wildman–Crippen MR) is 101 cm³/mol. The molecular weight excluding hydrogens is 340 g/mol. The van der Waals surface area contributed by atoms with Gasteiger partial charge in [0.05, 0.1) is 12.5 Å². The van der Waals surface area contributed by atoms with E-state index in [1.807, 2.05) is 55.5 Å². The second-order valence-electron chi connectivity index (χ2n) is 6.22. The molecule has 3 rings (SSSR count). The molecule has 1 amide bonds. The lowest BCUT2D eigenvalue weighted by Crippen LogP contribution is -2.35. The van der Waals surface area contributed by atoms with E-state index in [2.05, 4.69) is 10.6 Å². The fourth-order valence-corrected chi connectivity index (χ4v) is 2.73. The summed E-state index contributed by atoms with van der Waals surface area (Å²) in [7, 11) is 1.61. The van der Waals surface area contributed by atoms with Gasteiger partial charge in [-0.15, -0.1) is 12.4 Å². The first kappa shape index (κ1) is 19.1. The van der Waals surface area contributed by atoms with Gasteiger partial charge in [0, 0.05) is 12.2 Å². The standard InChI is InChI=1S/C19H22N2O3.ClH/c1-19(11-12-20-13-19)18(22)21-14-7-9-15(10-8-14)24-17-6-4-3-5-16(17)23-2;/h3-10,20H,11-13H2,1-2H3,(H,21,22);1H. The van der Waals surface area contributed by atoms with Crippen LogP contribution in [0, 0.1) is 5.41 Å². The number of hydrogen-bond donors (Lipinski definition) is 2. The van der Waals surface area contributed by atoms with Crippen molar-refractivity contribution in [1.82, 2.24) is 5.32 Å². The van der Waals surface area contributed by atoms with Crippen LogP contribution in [0.5, 0.6) is 17.2 Å². The molecule has 0 bridgehead atoms. The van der Waals surface area contributed by atoms with Gasteiger partial charge in [-0.05, 0) is 56.3 Å². The Kier molecular flexibility index (Phi) is 6.28. The van der Waals surface area contributed by atoms with Gasteiger partial charge in [0.15, 0.2) is 11.5 Å². The van der Waals surface area contributed by atoms with Gasteiger partial charge in [-0.1, -0.05) is 12.1 Å². The molecule has 134 valence electrons. The summed E-state index contributed by atoms with van der Waals surface area (Å²) in [4.78, 5) is 12.4.